The highest BCUT2D eigenvalue weighted by Crippen LogP contribution is 2.32. The van der Waals surface area contributed by atoms with Gasteiger partial charge in [0.1, 0.15) is 5.75 Å². The first-order valence-electron chi connectivity index (χ1n) is 6.21. The summed E-state index contributed by atoms with van der Waals surface area (Å²) in [6, 6.07) is 8.85. The molecule has 0 aliphatic rings. The van der Waals surface area contributed by atoms with Crippen LogP contribution < -0.4 is 4.74 Å². The number of nitrogens with zero attached hydrogens (tertiary/aromatic N) is 3. The van der Waals surface area contributed by atoms with Gasteiger partial charge >= 0.3 is 0 Å². The first-order chi connectivity index (χ1) is 10.5. The van der Waals surface area contributed by atoms with Crippen LogP contribution in [0, 0.1) is 20.2 Å². The minimum Gasteiger partial charge on any atom is -0.497 e. The highest BCUT2D eigenvalue weighted by atomic mass is 16.6. The van der Waals surface area contributed by atoms with E-state index >= 15 is 0 Å². The van der Waals surface area contributed by atoms with Gasteiger partial charge in [0.15, 0.2) is 0 Å². The highest BCUT2D eigenvalue weighted by molar-refractivity contribution is 5.99. The monoisotopic (exact) mass is 299 g/mol. The zero-order valence-electron chi connectivity index (χ0n) is 11.3. The van der Waals surface area contributed by atoms with E-state index in [2.05, 4.69) is 4.98 Å². The lowest BCUT2D eigenvalue weighted by Gasteiger charge is -2.05. The van der Waals surface area contributed by atoms with Gasteiger partial charge in [-0.05, 0) is 24.3 Å². The molecule has 0 amide bonds. The summed E-state index contributed by atoms with van der Waals surface area (Å²) in [5.41, 5.74) is 0.0719. The molecule has 3 aromatic rings. The molecular formula is C14H9N3O5. The Kier molecular flexibility index (Phi) is 3.06. The van der Waals surface area contributed by atoms with Crippen LogP contribution in [-0.2, 0) is 0 Å². The molecule has 2 aromatic carbocycles. The van der Waals surface area contributed by atoms with Crippen LogP contribution in [0.2, 0.25) is 0 Å². The fraction of sp³-hybridized carbons (Fsp3) is 0.0714. The molecule has 0 aliphatic carbocycles. The lowest BCUT2D eigenvalue weighted by atomic mass is 10.1. The molecular weight excluding hydrogens is 290 g/mol. The van der Waals surface area contributed by atoms with E-state index in [-0.39, 0.29) is 22.3 Å². The van der Waals surface area contributed by atoms with Crippen LogP contribution in [0.3, 0.4) is 0 Å². The summed E-state index contributed by atoms with van der Waals surface area (Å²) < 4.78 is 5.11. The Morgan fingerprint density at radius 3 is 2.41 bits per heavy atom. The zero-order valence-corrected chi connectivity index (χ0v) is 11.3. The van der Waals surface area contributed by atoms with Crippen LogP contribution in [0.25, 0.3) is 21.8 Å². The average molecular weight is 299 g/mol. The van der Waals surface area contributed by atoms with Crippen LogP contribution in [-0.4, -0.2) is 21.9 Å². The van der Waals surface area contributed by atoms with Crippen molar-refractivity contribution >= 4 is 33.2 Å². The molecule has 0 aliphatic heterocycles. The van der Waals surface area contributed by atoms with Gasteiger partial charge in [-0.3, -0.25) is 20.2 Å². The van der Waals surface area contributed by atoms with Gasteiger partial charge in [-0.2, -0.15) is 0 Å². The Balaban J connectivity index is 2.40. The number of fused-ring (bicyclic) bond motifs is 2. The topological polar surface area (TPSA) is 108 Å². The first-order valence-corrected chi connectivity index (χ1v) is 6.21. The van der Waals surface area contributed by atoms with Gasteiger partial charge < -0.3 is 4.74 Å². The average Bonchev–Trinajstić information content (AvgIpc) is 2.50. The Morgan fingerprint density at radius 1 is 1.00 bits per heavy atom. The number of non-ortho nitro benzene ring substituents is 2. The van der Waals surface area contributed by atoms with E-state index in [1.807, 2.05) is 0 Å². The molecule has 0 unspecified atom stereocenters. The molecule has 8 heteroatoms. The van der Waals surface area contributed by atoms with Crippen molar-refractivity contribution in [3.8, 4) is 5.75 Å². The third-order valence-corrected chi connectivity index (χ3v) is 3.30. The molecule has 0 saturated carbocycles. The van der Waals surface area contributed by atoms with E-state index in [1.165, 1.54) is 13.2 Å². The lowest BCUT2D eigenvalue weighted by Crippen LogP contribution is -1.95. The molecule has 0 bridgehead atoms. The number of nitro benzene ring substituents is 2. The summed E-state index contributed by atoms with van der Waals surface area (Å²) in [5, 5.41) is 23.0. The quantitative estimate of drug-likeness (QED) is 0.417. The second-order valence-corrected chi connectivity index (χ2v) is 4.59. The molecule has 0 atom stereocenters. The number of hydrogen-bond donors (Lipinski definition) is 0. The second kappa shape index (κ2) is 4.92. The maximum Gasteiger partial charge on any atom is 0.285 e. The number of ether oxygens (including phenoxy) is 1. The van der Waals surface area contributed by atoms with Crippen LogP contribution in [0.5, 0.6) is 5.75 Å². The summed E-state index contributed by atoms with van der Waals surface area (Å²) in [6.45, 7) is 0. The summed E-state index contributed by atoms with van der Waals surface area (Å²) >= 11 is 0. The van der Waals surface area contributed by atoms with Crippen molar-refractivity contribution in [2.75, 3.05) is 7.11 Å². The number of methoxy groups -OCH3 is 1. The van der Waals surface area contributed by atoms with Crippen molar-refractivity contribution in [2.24, 2.45) is 0 Å². The minimum absolute atomic E-state index is 0.207. The summed E-state index contributed by atoms with van der Waals surface area (Å²) in [7, 11) is 1.52. The van der Waals surface area contributed by atoms with Crippen LogP contribution in [0.1, 0.15) is 0 Å². The smallest absolute Gasteiger partial charge is 0.285 e. The molecule has 0 saturated heterocycles. The Hall–Kier alpha value is -3.29. The SMILES string of the molecule is COc1ccc2nc3cc([N+](=O)[O-])cc([N+](=O)[O-])c3cc2c1. The fourth-order valence-corrected chi connectivity index (χ4v) is 2.27. The minimum atomic E-state index is -0.674. The van der Waals surface area contributed by atoms with E-state index in [4.69, 9.17) is 4.74 Å². The Bertz CT molecular complexity index is 939. The van der Waals surface area contributed by atoms with Gasteiger partial charge in [0.2, 0.25) is 0 Å². The maximum absolute atomic E-state index is 11.2. The van der Waals surface area contributed by atoms with Crippen molar-refractivity contribution in [3.63, 3.8) is 0 Å². The molecule has 0 radical (unpaired) electrons. The Morgan fingerprint density at radius 2 is 1.77 bits per heavy atom. The molecule has 1 aromatic heterocycles. The number of benzene rings is 2. The summed E-state index contributed by atoms with van der Waals surface area (Å²) in [6.07, 6.45) is 0. The standard InChI is InChI=1S/C14H9N3O5/c1-22-10-2-3-12-8(4-10)5-11-13(15-12)6-9(16(18)19)7-14(11)17(20)21/h2-7H,1H3. The molecule has 0 N–H and O–H groups in total. The highest BCUT2D eigenvalue weighted by Gasteiger charge is 2.20. The van der Waals surface area contributed by atoms with Gasteiger partial charge in [-0.1, -0.05) is 0 Å². The van der Waals surface area contributed by atoms with Gasteiger partial charge in [0.25, 0.3) is 11.4 Å². The van der Waals surface area contributed by atoms with E-state index in [9.17, 15) is 20.2 Å². The normalized spacial score (nSPS) is 10.8. The molecule has 110 valence electrons. The summed E-state index contributed by atoms with van der Waals surface area (Å²) in [4.78, 5) is 25.0. The molecule has 22 heavy (non-hydrogen) atoms. The van der Waals surface area contributed by atoms with Crippen molar-refractivity contribution < 1.29 is 14.6 Å². The summed E-state index contributed by atoms with van der Waals surface area (Å²) in [5.74, 6) is 0.596. The van der Waals surface area contributed by atoms with Crippen LogP contribution in [0.15, 0.2) is 36.4 Å². The third kappa shape index (κ3) is 2.16. The van der Waals surface area contributed by atoms with Crippen molar-refractivity contribution in [3.05, 3.63) is 56.6 Å². The molecule has 1 heterocycles. The van der Waals surface area contributed by atoms with Crippen molar-refractivity contribution in [1.82, 2.24) is 4.98 Å². The predicted molar refractivity (Wildman–Crippen MR) is 79.1 cm³/mol. The van der Waals surface area contributed by atoms with Crippen LogP contribution >= 0.6 is 0 Å². The molecule has 0 fully saturated rings. The number of hydrogen-bond acceptors (Lipinski definition) is 6. The van der Waals surface area contributed by atoms with Gasteiger partial charge in [0.05, 0.1) is 39.4 Å². The van der Waals surface area contributed by atoms with Crippen LogP contribution in [0.4, 0.5) is 11.4 Å². The maximum atomic E-state index is 11.2. The van der Waals surface area contributed by atoms with E-state index in [1.54, 1.807) is 24.3 Å². The third-order valence-electron chi connectivity index (χ3n) is 3.30. The van der Waals surface area contributed by atoms with Crippen molar-refractivity contribution in [1.29, 1.82) is 0 Å². The molecule has 3 rings (SSSR count). The largest absolute Gasteiger partial charge is 0.497 e. The number of rotatable bonds is 3. The number of pyridine rings is 1. The van der Waals surface area contributed by atoms with E-state index in [0.29, 0.717) is 16.7 Å². The zero-order chi connectivity index (χ0) is 15.9. The molecule has 0 spiro atoms. The van der Waals surface area contributed by atoms with Crippen molar-refractivity contribution in [2.45, 2.75) is 0 Å². The molecule has 8 nitrogen and oxygen atoms in total. The first kappa shape index (κ1) is 13.7. The fourth-order valence-electron chi connectivity index (χ4n) is 2.27. The van der Waals surface area contributed by atoms with Gasteiger partial charge in [-0.25, -0.2) is 4.98 Å². The van der Waals surface area contributed by atoms with E-state index < -0.39 is 9.85 Å². The number of nitro groups is 2. The number of aromatic nitrogens is 1. The lowest BCUT2D eigenvalue weighted by molar-refractivity contribution is -0.393. The van der Waals surface area contributed by atoms with Gasteiger partial charge in [-0.15, -0.1) is 0 Å². The second-order valence-electron chi connectivity index (χ2n) is 4.59. The van der Waals surface area contributed by atoms with E-state index in [0.717, 1.165) is 6.07 Å². The Labute approximate surface area is 123 Å². The van der Waals surface area contributed by atoms with Gasteiger partial charge in [0, 0.05) is 11.5 Å². The predicted octanol–water partition coefficient (Wildman–Crippen LogP) is 3.21.